The summed E-state index contributed by atoms with van der Waals surface area (Å²) in [7, 11) is 0. The van der Waals surface area contributed by atoms with Crippen molar-refractivity contribution in [3.63, 3.8) is 0 Å². The third-order valence-electron chi connectivity index (χ3n) is 4.64. The number of piperidine rings is 1. The number of β-amino-alcohol motifs (C(OH)–C–C–N with tert-alkyl or cyclic N) is 1. The summed E-state index contributed by atoms with van der Waals surface area (Å²) in [6.07, 6.45) is 1.65. The minimum atomic E-state index is -0.319. The number of nitrogens with one attached hydrogen (secondary N) is 1. The molecule has 4 nitrogen and oxygen atoms in total. The molecule has 1 aliphatic rings. The Hall–Kier alpha value is -1.39. The molecule has 0 saturated carbocycles. The van der Waals surface area contributed by atoms with Gasteiger partial charge < -0.3 is 10.4 Å². The molecule has 1 aliphatic heterocycles. The van der Waals surface area contributed by atoms with Crippen LogP contribution in [0.4, 0.5) is 0 Å². The number of benzene rings is 1. The summed E-state index contributed by atoms with van der Waals surface area (Å²) in [5.41, 5.74) is 2.43. The predicted octanol–water partition coefficient (Wildman–Crippen LogP) is 2.13. The average molecular weight is 304 g/mol. The van der Waals surface area contributed by atoms with Gasteiger partial charge in [0.05, 0.1) is 18.7 Å². The normalized spacial score (nSPS) is 24.0. The molecule has 1 aromatic carbocycles. The van der Waals surface area contributed by atoms with E-state index in [2.05, 4.69) is 43.4 Å². The van der Waals surface area contributed by atoms with Gasteiger partial charge in [-0.05, 0) is 43.4 Å². The Morgan fingerprint density at radius 3 is 2.68 bits per heavy atom. The van der Waals surface area contributed by atoms with Crippen molar-refractivity contribution in [1.82, 2.24) is 10.2 Å². The number of carbonyl (C=O) groups is 1. The van der Waals surface area contributed by atoms with Gasteiger partial charge in [-0.25, -0.2) is 0 Å². The number of amides is 1. The van der Waals surface area contributed by atoms with Crippen molar-refractivity contribution in [2.45, 2.75) is 45.8 Å². The molecule has 0 aromatic heterocycles. The SMILES string of the molecule is CCc1ccc(C(C)NC(=O)CN2CCC(C)C(O)C2)cc1. The van der Waals surface area contributed by atoms with Crippen LogP contribution in [0.2, 0.25) is 0 Å². The molecule has 0 spiro atoms. The first-order valence-electron chi connectivity index (χ1n) is 8.28. The zero-order chi connectivity index (χ0) is 16.1. The number of aryl methyl sites for hydroxylation is 1. The van der Waals surface area contributed by atoms with Crippen molar-refractivity contribution < 1.29 is 9.90 Å². The summed E-state index contributed by atoms with van der Waals surface area (Å²) in [5.74, 6) is 0.351. The fourth-order valence-electron chi connectivity index (χ4n) is 2.87. The van der Waals surface area contributed by atoms with Crippen LogP contribution >= 0.6 is 0 Å². The van der Waals surface area contributed by atoms with Gasteiger partial charge in [0, 0.05) is 6.54 Å². The van der Waals surface area contributed by atoms with E-state index in [1.54, 1.807) is 0 Å². The van der Waals surface area contributed by atoms with Gasteiger partial charge in [-0.3, -0.25) is 9.69 Å². The first-order chi connectivity index (χ1) is 10.5. The first-order valence-corrected chi connectivity index (χ1v) is 8.28. The number of aliphatic hydroxyl groups is 1. The van der Waals surface area contributed by atoms with Crippen molar-refractivity contribution in [1.29, 1.82) is 0 Å². The molecule has 1 amide bonds. The summed E-state index contributed by atoms with van der Waals surface area (Å²) in [5, 5.41) is 12.9. The highest BCUT2D eigenvalue weighted by atomic mass is 16.3. The fourth-order valence-corrected chi connectivity index (χ4v) is 2.87. The summed E-state index contributed by atoms with van der Waals surface area (Å²) in [6, 6.07) is 8.39. The van der Waals surface area contributed by atoms with E-state index in [4.69, 9.17) is 0 Å². The van der Waals surface area contributed by atoms with Gasteiger partial charge >= 0.3 is 0 Å². The molecule has 3 unspecified atom stereocenters. The molecule has 22 heavy (non-hydrogen) atoms. The van der Waals surface area contributed by atoms with E-state index >= 15 is 0 Å². The number of nitrogens with zero attached hydrogens (tertiary/aromatic N) is 1. The maximum atomic E-state index is 12.2. The fraction of sp³-hybridized carbons (Fsp3) is 0.611. The number of likely N-dealkylation sites (tertiary alicyclic amines) is 1. The minimum absolute atomic E-state index is 0.00652. The van der Waals surface area contributed by atoms with E-state index in [9.17, 15) is 9.90 Å². The monoisotopic (exact) mass is 304 g/mol. The maximum Gasteiger partial charge on any atom is 0.234 e. The summed E-state index contributed by atoms with van der Waals surface area (Å²) in [4.78, 5) is 14.2. The van der Waals surface area contributed by atoms with Gasteiger partial charge in [0.15, 0.2) is 0 Å². The predicted molar refractivity (Wildman–Crippen MR) is 88.6 cm³/mol. The highest BCUT2D eigenvalue weighted by Crippen LogP contribution is 2.17. The molecule has 1 aromatic rings. The van der Waals surface area contributed by atoms with Gasteiger partial charge in [0.25, 0.3) is 0 Å². The Morgan fingerprint density at radius 1 is 1.41 bits per heavy atom. The number of hydrogen-bond donors (Lipinski definition) is 2. The average Bonchev–Trinajstić information content (AvgIpc) is 2.51. The van der Waals surface area contributed by atoms with Crippen molar-refractivity contribution in [2.24, 2.45) is 5.92 Å². The molecule has 0 radical (unpaired) electrons. The standard InChI is InChI=1S/C18H28N2O2/c1-4-15-5-7-16(8-6-15)14(3)19-18(22)12-20-10-9-13(2)17(21)11-20/h5-8,13-14,17,21H,4,9-12H2,1-3H3,(H,19,22). The van der Waals surface area contributed by atoms with Crippen LogP contribution in [0.25, 0.3) is 0 Å². The van der Waals surface area contributed by atoms with Crippen molar-refractivity contribution in [3.05, 3.63) is 35.4 Å². The molecular formula is C18H28N2O2. The number of aliphatic hydroxyl groups excluding tert-OH is 1. The van der Waals surface area contributed by atoms with Crippen LogP contribution in [0.3, 0.4) is 0 Å². The number of hydrogen-bond acceptors (Lipinski definition) is 3. The largest absolute Gasteiger partial charge is 0.392 e. The quantitative estimate of drug-likeness (QED) is 0.876. The Bertz CT molecular complexity index is 486. The minimum Gasteiger partial charge on any atom is -0.392 e. The number of carbonyl (C=O) groups excluding carboxylic acids is 1. The van der Waals surface area contributed by atoms with Gasteiger partial charge in [-0.2, -0.15) is 0 Å². The van der Waals surface area contributed by atoms with Gasteiger partial charge in [0.1, 0.15) is 0 Å². The van der Waals surface area contributed by atoms with E-state index in [0.717, 1.165) is 24.9 Å². The van der Waals surface area contributed by atoms with Crippen LogP contribution in [0, 0.1) is 5.92 Å². The van der Waals surface area contributed by atoms with Crippen LogP contribution < -0.4 is 5.32 Å². The molecular weight excluding hydrogens is 276 g/mol. The molecule has 1 fully saturated rings. The van der Waals surface area contributed by atoms with Crippen LogP contribution in [0.15, 0.2) is 24.3 Å². The van der Waals surface area contributed by atoms with E-state index in [1.165, 1.54) is 5.56 Å². The summed E-state index contributed by atoms with van der Waals surface area (Å²) >= 11 is 0. The molecule has 2 N–H and O–H groups in total. The van der Waals surface area contributed by atoms with Gasteiger partial charge in [-0.15, -0.1) is 0 Å². The third kappa shape index (κ3) is 4.55. The molecule has 122 valence electrons. The molecule has 3 atom stereocenters. The van der Waals surface area contributed by atoms with Crippen LogP contribution in [0.5, 0.6) is 0 Å². The highest BCUT2D eigenvalue weighted by Gasteiger charge is 2.25. The lowest BCUT2D eigenvalue weighted by atomic mass is 9.96. The lowest BCUT2D eigenvalue weighted by Gasteiger charge is -2.33. The highest BCUT2D eigenvalue weighted by molar-refractivity contribution is 5.78. The first kappa shape index (κ1) is 17.0. The lowest BCUT2D eigenvalue weighted by Crippen LogP contribution is -2.47. The molecule has 0 aliphatic carbocycles. The molecule has 4 heteroatoms. The molecule has 0 bridgehead atoms. The van der Waals surface area contributed by atoms with E-state index < -0.39 is 0 Å². The zero-order valence-corrected chi connectivity index (χ0v) is 13.9. The molecule has 1 saturated heterocycles. The second-order valence-corrected chi connectivity index (χ2v) is 6.45. The Morgan fingerprint density at radius 2 is 2.09 bits per heavy atom. The maximum absolute atomic E-state index is 12.2. The van der Waals surface area contributed by atoms with Crippen molar-refractivity contribution in [2.75, 3.05) is 19.6 Å². The lowest BCUT2D eigenvalue weighted by molar-refractivity contribution is -0.123. The van der Waals surface area contributed by atoms with Crippen LogP contribution in [0.1, 0.15) is 44.4 Å². The van der Waals surface area contributed by atoms with Gasteiger partial charge in [0.2, 0.25) is 5.91 Å². The Kier molecular flexibility index (Phi) is 5.98. The second-order valence-electron chi connectivity index (χ2n) is 6.45. The van der Waals surface area contributed by atoms with Crippen molar-refractivity contribution in [3.8, 4) is 0 Å². The molecule has 2 rings (SSSR count). The van der Waals surface area contributed by atoms with E-state index in [0.29, 0.717) is 19.0 Å². The van der Waals surface area contributed by atoms with E-state index in [-0.39, 0.29) is 18.1 Å². The zero-order valence-electron chi connectivity index (χ0n) is 13.9. The third-order valence-corrected chi connectivity index (χ3v) is 4.64. The summed E-state index contributed by atoms with van der Waals surface area (Å²) in [6.45, 7) is 8.03. The Balaban J connectivity index is 1.83. The topological polar surface area (TPSA) is 52.6 Å². The summed E-state index contributed by atoms with van der Waals surface area (Å²) < 4.78 is 0. The molecule has 1 heterocycles. The van der Waals surface area contributed by atoms with E-state index in [1.807, 2.05) is 11.8 Å². The number of rotatable bonds is 5. The van der Waals surface area contributed by atoms with Crippen LogP contribution in [-0.2, 0) is 11.2 Å². The second kappa shape index (κ2) is 7.75. The van der Waals surface area contributed by atoms with Crippen LogP contribution in [-0.4, -0.2) is 41.7 Å². The smallest absolute Gasteiger partial charge is 0.234 e. The van der Waals surface area contributed by atoms with Gasteiger partial charge in [-0.1, -0.05) is 38.1 Å². The van der Waals surface area contributed by atoms with Crippen molar-refractivity contribution >= 4 is 5.91 Å². The Labute approximate surface area is 133 Å².